The molecule has 0 aromatic carbocycles. The number of anilines is 1. The first-order valence-corrected chi connectivity index (χ1v) is 7.27. The number of esters is 1. The molecule has 0 aliphatic rings. The molecule has 1 amide bonds. The number of rotatable bonds is 7. The highest BCUT2D eigenvalue weighted by Gasteiger charge is 2.20. The number of thiophene rings is 1. The third kappa shape index (κ3) is 4.33. The SMILES string of the molecule is CCCC(CN)C(=O)Nc1sccc1C(=O)OCC. The third-order valence-electron chi connectivity index (χ3n) is 2.69. The second-order valence-electron chi connectivity index (χ2n) is 4.09. The standard InChI is InChI=1S/C13H20N2O3S/c1-3-5-9(8-14)11(16)15-12-10(6-7-19-12)13(17)18-4-2/h6-7,9H,3-5,8,14H2,1-2H3,(H,15,16). The molecule has 106 valence electrons. The van der Waals surface area contributed by atoms with Crippen molar-refractivity contribution in [1.29, 1.82) is 0 Å². The molecule has 0 aliphatic carbocycles. The quantitative estimate of drug-likeness (QED) is 0.752. The number of hydrogen-bond acceptors (Lipinski definition) is 5. The summed E-state index contributed by atoms with van der Waals surface area (Å²) in [6, 6.07) is 1.65. The van der Waals surface area contributed by atoms with Crippen LogP contribution in [0.25, 0.3) is 0 Å². The highest BCUT2D eigenvalue weighted by molar-refractivity contribution is 7.14. The Morgan fingerprint density at radius 1 is 1.47 bits per heavy atom. The van der Waals surface area contributed by atoms with Crippen LogP contribution < -0.4 is 11.1 Å². The van der Waals surface area contributed by atoms with Crippen LogP contribution in [0, 0.1) is 5.92 Å². The van der Waals surface area contributed by atoms with Crippen LogP contribution >= 0.6 is 11.3 Å². The van der Waals surface area contributed by atoms with Crippen LogP contribution in [0.3, 0.4) is 0 Å². The fourth-order valence-electron chi connectivity index (χ4n) is 1.69. The lowest BCUT2D eigenvalue weighted by Gasteiger charge is -2.13. The number of ether oxygens (including phenoxy) is 1. The fraction of sp³-hybridized carbons (Fsp3) is 0.538. The average molecular weight is 284 g/mol. The third-order valence-corrected chi connectivity index (χ3v) is 3.52. The van der Waals surface area contributed by atoms with E-state index in [1.54, 1.807) is 18.4 Å². The van der Waals surface area contributed by atoms with Crippen LogP contribution in [-0.2, 0) is 9.53 Å². The highest BCUT2D eigenvalue weighted by Crippen LogP contribution is 2.25. The minimum Gasteiger partial charge on any atom is -0.462 e. The maximum atomic E-state index is 12.0. The van der Waals surface area contributed by atoms with E-state index in [0.29, 0.717) is 23.7 Å². The van der Waals surface area contributed by atoms with Crippen LogP contribution in [-0.4, -0.2) is 25.0 Å². The van der Waals surface area contributed by atoms with Gasteiger partial charge >= 0.3 is 5.97 Å². The summed E-state index contributed by atoms with van der Waals surface area (Å²) >= 11 is 1.30. The van der Waals surface area contributed by atoms with Crippen molar-refractivity contribution in [3.05, 3.63) is 17.0 Å². The van der Waals surface area contributed by atoms with Gasteiger partial charge in [-0.25, -0.2) is 4.79 Å². The van der Waals surface area contributed by atoms with Gasteiger partial charge in [0.05, 0.1) is 18.1 Å². The predicted molar refractivity (Wildman–Crippen MR) is 76.4 cm³/mol. The lowest BCUT2D eigenvalue weighted by atomic mass is 10.0. The molecule has 0 bridgehead atoms. The lowest BCUT2D eigenvalue weighted by Crippen LogP contribution is -2.29. The summed E-state index contributed by atoms with van der Waals surface area (Å²) in [5.74, 6) is -0.779. The number of nitrogens with two attached hydrogens (primary N) is 1. The average Bonchev–Trinajstić information content (AvgIpc) is 2.84. The summed E-state index contributed by atoms with van der Waals surface area (Å²) in [7, 11) is 0. The minimum absolute atomic E-state index is 0.141. The molecule has 3 N–H and O–H groups in total. The van der Waals surface area contributed by atoms with Crippen LogP contribution in [0.15, 0.2) is 11.4 Å². The molecule has 0 radical (unpaired) electrons. The van der Waals surface area contributed by atoms with Gasteiger partial charge in [-0.3, -0.25) is 4.79 Å². The minimum atomic E-state index is -0.418. The van der Waals surface area contributed by atoms with E-state index >= 15 is 0 Å². The molecule has 5 nitrogen and oxygen atoms in total. The van der Waals surface area contributed by atoms with Gasteiger partial charge in [0.2, 0.25) is 5.91 Å². The molecule has 19 heavy (non-hydrogen) atoms. The van der Waals surface area contributed by atoms with E-state index in [-0.39, 0.29) is 11.8 Å². The summed E-state index contributed by atoms with van der Waals surface area (Å²) in [5, 5.41) is 5.04. The number of carbonyl (C=O) groups excluding carboxylic acids is 2. The van der Waals surface area contributed by atoms with Gasteiger partial charge in [0.1, 0.15) is 5.00 Å². The van der Waals surface area contributed by atoms with E-state index in [9.17, 15) is 9.59 Å². The molecule has 1 rings (SSSR count). The predicted octanol–water partition coefficient (Wildman–Crippen LogP) is 2.24. The number of amides is 1. The van der Waals surface area contributed by atoms with Gasteiger partial charge in [-0.15, -0.1) is 11.3 Å². The van der Waals surface area contributed by atoms with Crippen LogP contribution in [0.4, 0.5) is 5.00 Å². The van der Waals surface area contributed by atoms with E-state index in [1.165, 1.54) is 11.3 Å². The van der Waals surface area contributed by atoms with Crippen molar-refractivity contribution in [3.63, 3.8) is 0 Å². The summed E-state index contributed by atoms with van der Waals surface area (Å²) in [6.07, 6.45) is 1.63. The van der Waals surface area contributed by atoms with Gasteiger partial charge in [0.15, 0.2) is 0 Å². The van der Waals surface area contributed by atoms with Crippen LogP contribution in [0.2, 0.25) is 0 Å². The van der Waals surface area contributed by atoms with E-state index in [4.69, 9.17) is 10.5 Å². The van der Waals surface area contributed by atoms with Crippen molar-refractivity contribution in [2.24, 2.45) is 11.7 Å². The summed E-state index contributed by atoms with van der Waals surface area (Å²) in [5.41, 5.74) is 5.98. The van der Waals surface area contributed by atoms with Crippen molar-refractivity contribution in [1.82, 2.24) is 0 Å². The van der Waals surface area contributed by atoms with Crippen molar-refractivity contribution in [2.45, 2.75) is 26.7 Å². The topological polar surface area (TPSA) is 81.4 Å². The number of hydrogen-bond donors (Lipinski definition) is 2. The molecule has 0 fully saturated rings. The van der Waals surface area contributed by atoms with Gasteiger partial charge in [0, 0.05) is 6.54 Å². The molecule has 1 unspecified atom stereocenters. The van der Waals surface area contributed by atoms with Crippen LogP contribution in [0.5, 0.6) is 0 Å². The van der Waals surface area contributed by atoms with Gasteiger partial charge in [-0.2, -0.15) is 0 Å². The maximum absolute atomic E-state index is 12.0. The second kappa shape index (κ2) is 7.91. The Morgan fingerprint density at radius 3 is 2.79 bits per heavy atom. The Kier molecular flexibility index (Phi) is 6.52. The monoisotopic (exact) mass is 284 g/mol. The molecule has 0 spiro atoms. The fourth-order valence-corrected chi connectivity index (χ4v) is 2.47. The molecular formula is C13H20N2O3S. The zero-order valence-corrected chi connectivity index (χ0v) is 12.1. The van der Waals surface area contributed by atoms with Gasteiger partial charge in [-0.1, -0.05) is 13.3 Å². The number of nitrogens with one attached hydrogen (secondary N) is 1. The Bertz CT molecular complexity index is 431. The molecule has 1 atom stereocenters. The molecule has 0 saturated heterocycles. The first-order valence-electron chi connectivity index (χ1n) is 6.39. The van der Waals surface area contributed by atoms with E-state index in [1.807, 2.05) is 6.92 Å². The number of carbonyl (C=O) groups is 2. The Balaban J connectivity index is 2.74. The normalized spacial score (nSPS) is 11.9. The second-order valence-corrected chi connectivity index (χ2v) is 5.01. The lowest BCUT2D eigenvalue weighted by molar-refractivity contribution is -0.119. The Labute approximate surface area is 117 Å². The van der Waals surface area contributed by atoms with Crippen molar-refractivity contribution >= 4 is 28.2 Å². The Morgan fingerprint density at radius 2 is 2.21 bits per heavy atom. The maximum Gasteiger partial charge on any atom is 0.341 e. The van der Waals surface area contributed by atoms with Gasteiger partial charge < -0.3 is 15.8 Å². The molecule has 6 heteroatoms. The van der Waals surface area contributed by atoms with Gasteiger partial charge in [-0.05, 0) is 24.8 Å². The van der Waals surface area contributed by atoms with Crippen molar-refractivity contribution < 1.29 is 14.3 Å². The molecule has 1 heterocycles. The summed E-state index contributed by atoms with van der Waals surface area (Å²) in [4.78, 5) is 23.7. The van der Waals surface area contributed by atoms with Crippen molar-refractivity contribution in [2.75, 3.05) is 18.5 Å². The first kappa shape index (κ1) is 15.7. The van der Waals surface area contributed by atoms with E-state index < -0.39 is 5.97 Å². The van der Waals surface area contributed by atoms with Gasteiger partial charge in [0.25, 0.3) is 0 Å². The van der Waals surface area contributed by atoms with Crippen molar-refractivity contribution in [3.8, 4) is 0 Å². The molecule has 0 aliphatic heterocycles. The molecule has 1 aromatic rings. The Hall–Kier alpha value is -1.40. The van der Waals surface area contributed by atoms with Crippen LogP contribution in [0.1, 0.15) is 37.0 Å². The molecule has 0 saturated carbocycles. The van der Waals surface area contributed by atoms with E-state index in [0.717, 1.165) is 12.8 Å². The zero-order valence-electron chi connectivity index (χ0n) is 11.3. The van der Waals surface area contributed by atoms with E-state index in [2.05, 4.69) is 5.32 Å². The highest BCUT2D eigenvalue weighted by atomic mass is 32.1. The molecule has 1 aromatic heterocycles. The first-order chi connectivity index (χ1) is 9.13. The zero-order chi connectivity index (χ0) is 14.3. The summed E-state index contributed by atoms with van der Waals surface area (Å²) in [6.45, 7) is 4.36. The largest absolute Gasteiger partial charge is 0.462 e. The summed E-state index contributed by atoms with van der Waals surface area (Å²) < 4.78 is 4.93. The molecular weight excluding hydrogens is 264 g/mol. The smallest absolute Gasteiger partial charge is 0.341 e.